The Morgan fingerprint density at radius 3 is 1.96 bits per heavy atom. The molecule has 0 unspecified atom stereocenters. The van der Waals surface area contributed by atoms with Crippen LogP contribution >= 0.6 is 0 Å². The molecule has 0 spiro atoms. The smallest absolute Gasteiger partial charge is 0.268 e. The van der Waals surface area contributed by atoms with Crippen LogP contribution in [0, 0.1) is 15.9 Å². The highest BCUT2D eigenvalue weighted by Gasteiger charge is 2.43. The van der Waals surface area contributed by atoms with E-state index in [9.17, 15) is 37.3 Å². The van der Waals surface area contributed by atoms with E-state index in [1.807, 2.05) is 0 Å². The summed E-state index contributed by atoms with van der Waals surface area (Å²) in [6, 6.07) is 5.50. The van der Waals surface area contributed by atoms with Gasteiger partial charge in [0, 0.05) is 0 Å². The lowest BCUT2D eigenvalue weighted by atomic mass is 10.1. The average molecular weight is 354 g/mol. The van der Waals surface area contributed by atoms with Crippen molar-refractivity contribution in [2.75, 3.05) is 4.90 Å². The van der Waals surface area contributed by atoms with Crippen molar-refractivity contribution in [1.29, 1.82) is 0 Å². The summed E-state index contributed by atoms with van der Waals surface area (Å²) in [6.07, 6.45) is -5.16. The van der Waals surface area contributed by atoms with Crippen LogP contribution in [0.1, 0.15) is 26.3 Å². The highest BCUT2D eigenvalue weighted by Crippen LogP contribution is 2.41. The molecule has 2 amide bonds. The molecule has 0 radical (unpaired) electrons. The Hall–Kier alpha value is -3.30. The number of nitro benzene ring substituents is 1. The highest BCUT2D eigenvalue weighted by molar-refractivity contribution is 6.35. The van der Waals surface area contributed by atoms with Crippen molar-refractivity contribution in [3.8, 4) is 0 Å². The molecule has 0 aromatic heterocycles. The molecule has 1 aliphatic rings. The molecule has 0 aliphatic carbocycles. The zero-order chi connectivity index (χ0) is 18.5. The molecular formula is C15H6F4N2O4. The first-order valence-corrected chi connectivity index (χ1v) is 6.66. The van der Waals surface area contributed by atoms with Crippen LogP contribution < -0.4 is 4.90 Å². The maximum absolute atomic E-state index is 13.6. The van der Waals surface area contributed by atoms with E-state index < -0.39 is 45.7 Å². The van der Waals surface area contributed by atoms with Crippen LogP contribution in [0.5, 0.6) is 0 Å². The minimum Gasteiger partial charge on any atom is -0.268 e. The number of fused-ring (bicyclic) bond motifs is 1. The van der Waals surface area contributed by atoms with Gasteiger partial charge in [-0.25, -0.2) is 9.29 Å². The predicted molar refractivity (Wildman–Crippen MR) is 75.6 cm³/mol. The van der Waals surface area contributed by atoms with Crippen LogP contribution in [0.2, 0.25) is 0 Å². The van der Waals surface area contributed by atoms with Crippen molar-refractivity contribution in [2.45, 2.75) is 6.18 Å². The van der Waals surface area contributed by atoms with Crippen molar-refractivity contribution >= 4 is 23.2 Å². The van der Waals surface area contributed by atoms with Crippen molar-refractivity contribution in [1.82, 2.24) is 0 Å². The van der Waals surface area contributed by atoms with Gasteiger partial charge in [0.25, 0.3) is 17.5 Å². The lowest BCUT2D eigenvalue weighted by molar-refractivity contribution is -0.384. The van der Waals surface area contributed by atoms with E-state index in [4.69, 9.17) is 0 Å². The van der Waals surface area contributed by atoms with Gasteiger partial charge in [-0.15, -0.1) is 0 Å². The summed E-state index contributed by atoms with van der Waals surface area (Å²) in [5, 5.41) is 11.1. The molecular weight excluding hydrogens is 348 g/mol. The molecule has 10 heteroatoms. The SMILES string of the molecule is O=C1c2ccccc2C(=O)N1c1cc(C(F)(F)F)c(F)cc1[N+](=O)[O-]. The maximum Gasteiger partial charge on any atom is 0.419 e. The van der Waals surface area contributed by atoms with Gasteiger partial charge in [0.1, 0.15) is 11.5 Å². The van der Waals surface area contributed by atoms with Crippen molar-refractivity contribution in [2.24, 2.45) is 0 Å². The number of alkyl halides is 3. The van der Waals surface area contributed by atoms with Gasteiger partial charge in [0.15, 0.2) is 0 Å². The number of imide groups is 1. The second-order valence-electron chi connectivity index (χ2n) is 5.07. The monoisotopic (exact) mass is 354 g/mol. The van der Waals surface area contributed by atoms with Crippen LogP contribution in [0.4, 0.5) is 28.9 Å². The summed E-state index contributed by atoms with van der Waals surface area (Å²) in [5.41, 5.74) is -4.10. The van der Waals surface area contributed by atoms with Crippen LogP contribution in [0.3, 0.4) is 0 Å². The molecule has 6 nitrogen and oxygen atoms in total. The number of carbonyl (C=O) groups is 2. The van der Waals surface area contributed by atoms with Crippen molar-refractivity contribution in [3.05, 3.63) is 69.0 Å². The van der Waals surface area contributed by atoms with Gasteiger partial charge >= 0.3 is 6.18 Å². The third kappa shape index (κ3) is 2.51. The van der Waals surface area contributed by atoms with Crippen LogP contribution in [-0.4, -0.2) is 16.7 Å². The Morgan fingerprint density at radius 2 is 1.52 bits per heavy atom. The Morgan fingerprint density at radius 1 is 1.00 bits per heavy atom. The molecule has 0 N–H and O–H groups in total. The Balaban J connectivity index is 2.25. The molecule has 128 valence electrons. The van der Waals surface area contributed by atoms with E-state index in [0.717, 1.165) is 0 Å². The summed E-state index contributed by atoms with van der Waals surface area (Å²) in [5.74, 6) is -3.92. The number of anilines is 1. The third-order valence-corrected chi connectivity index (χ3v) is 3.60. The molecule has 0 saturated heterocycles. The van der Waals surface area contributed by atoms with Gasteiger partial charge in [-0.2, -0.15) is 13.2 Å². The molecule has 1 aliphatic heterocycles. The largest absolute Gasteiger partial charge is 0.419 e. The summed E-state index contributed by atoms with van der Waals surface area (Å²) in [7, 11) is 0. The van der Waals surface area contributed by atoms with E-state index >= 15 is 0 Å². The number of rotatable bonds is 2. The first kappa shape index (κ1) is 16.6. The normalized spacial score (nSPS) is 14.0. The van der Waals surface area contributed by atoms with Gasteiger partial charge in [-0.05, 0) is 18.2 Å². The van der Waals surface area contributed by atoms with Crippen molar-refractivity contribution < 1.29 is 32.1 Å². The van der Waals surface area contributed by atoms with E-state index in [1.54, 1.807) is 0 Å². The first-order valence-electron chi connectivity index (χ1n) is 6.66. The number of hydrogen-bond acceptors (Lipinski definition) is 4. The molecule has 1 heterocycles. The lowest BCUT2D eigenvalue weighted by Gasteiger charge is -2.16. The summed E-state index contributed by atoms with van der Waals surface area (Å²) in [4.78, 5) is 34.8. The minimum atomic E-state index is -5.16. The van der Waals surface area contributed by atoms with E-state index in [1.165, 1.54) is 24.3 Å². The first-order chi connectivity index (χ1) is 11.6. The minimum absolute atomic E-state index is 0.0434. The van der Waals surface area contributed by atoms with Gasteiger partial charge in [-0.1, -0.05) is 12.1 Å². The van der Waals surface area contributed by atoms with Gasteiger partial charge in [0.2, 0.25) is 0 Å². The van der Waals surface area contributed by atoms with Crippen molar-refractivity contribution in [3.63, 3.8) is 0 Å². The molecule has 0 fully saturated rings. The zero-order valence-corrected chi connectivity index (χ0v) is 12.0. The number of nitrogens with zero attached hydrogens (tertiary/aromatic N) is 2. The quantitative estimate of drug-likeness (QED) is 0.357. The summed E-state index contributed by atoms with van der Waals surface area (Å²) >= 11 is 0. The average Bonchev–Trinajstić information content (AvgIpc) is 2.78. The summed E-state index contributed by atoms with van der Waals surface area (Å²) in [6.45, 7) is 0. The third-order valence-electron chi connectivity index (χ3n) is 3.60. The van der Waals surface area contributed by atoms with Crippen LogP contribution in [0.25, 0.3) is 0 Å². The van der Waals surface area contributed by atoms with E-state index in [-0.39, 0.29) is 28.2 Å². The molecule has 0 saturated carbocycles. The second kappa shape index (κ2) is 5.36. The molecule has 2 aromatic rings. The number of halogens is 4. The van der Waals surface area contributed by atoms with Gasteiger partial charge < -0.3 is 0 Å². The Labute approximate surface area is 136 Å². The molecule has 25 heavy (non-hydrogen) atoms. The molecule has 0 bridgehead atoms. The Kier molecular flexibility index (Phi) is 3.55. The number of hydrogen-bond donors (Lipinski definition) is 0. The van der Waals surface area contributed by atoms with Crippen LogP contribution in [0.15, 0.2) is 36.4 Å². The van der Waals surface area contributed by atoms with E-state index in [2.05, 4.69) is 0 Å². The van der Waals surface area contributed by atoms with Gasteiger partial charge in [-0.3, -0.25) is 19.7 Å². The standard InChI is InChI=1S/C15H6F4N2O4/c16-10-6-12(21(24)25)11(5-9(10)15(17,18)19)20-13(22)7-3-1-2-4-8(7)14(20)23/h1-6H. The zero-order valence-electron chi connectivity index (χ0n) is 12.0. The fourth-order valence-corrected chi connectivity index (χ4v) is 2.50. The fourth-order valence-electron chi connectivity index (χ4n) is 2.50. The van der Waals surface area contributed by atoms with Crippen LogP contribution in [-0.2, 0) is 6.18 Å². The highest BCUT2D eigenvalue weighted by atomic mass is 19.4. The molecule has 3 rings (SSSR count). The topological polar surface area (TPSA) is 80.5 Å². The predicted octanol–water partition coefficient (Wildman–Crippen LogP) is 3.55. The fraction of sp³-hybridized carbons (Fsp3) is 0.0667. The van der Waals surface area contributed by atoms with E-state index in [0.29, 0.717) is 0 Å². The maximum atomic E-state index is 13.6. The Bertz CT molecular complexity index is 905. The second-order valence-corrected chi connectivity index (χ2v) is 5.07. The van der Waals surface area contributed by atoms with Gasteiger partial charge in [0.05, 0.1) is 27.7 Å². The number of amides is 2. The number of carbonyl (C=O) groups excluding carboxylic acids is 2. The molecule has 2 aromatic carbocycles. The number of benzene rings is 2. The lowest BCUT2D eigenvalue weighted by Crippen LogP contribution is -2.30. The molecule has 0 atom stereocenters. The summed E-state index contributed by atoms with van der Waals surface area (Å²) < 4.78 is 52.3. The number of nitro groups is 1.